The van der Waals surface area contributed by atoms with E-state index in [9.17, 15) is 9.90 Å². The Bertz CT molecular complexity index is 1790. The lowest BCUT2D eigenvalue weighted by Crippen LogP contribution is -2.40. The van der Waals surface area contributed by atoms with Crippen molar-refractivity contribution in [2.45, 2.75) is 32.8 Å². The van der Waals surface area contributed by atoms with Gasteiger partial charge in [0.1, 0.15) is 17.4 Å². The third-order valence-corrected chi connectivity index (χ3v) is 8.32. The van der Waals surface area contributed by atoms with Gasteiger partial charge in [-0.25, -0.2) is 9.37 Å². The van der Waals surface area contributed by atoms with Gasteiger partial charge in [0.05, 0.1) is 18.0 Å². The third kappa shape index (κ3) is 4.44. The van der Waals surface area contributed by atoms with E-state index in [1.165, 1.54) is 16.5 Å². The van der Waals surface area contributed by atoms with Crippen molar-refractivity contribution in [3.05, 3.63) is 101 Å². The number of halogens is 1. The Morgan fingerprint density at radius 1 is 1.20 bits per heavy atom. The molecule has 0 saturated heterocycles. The normalized spacial score (nSPS) is 22.2. The second kappa shape index (κ2) is 9.82. The van der Waals surface area contributed by atoms with Crippen molar-refractivity contribution in [1.82, 2.24) is 15.0 Å². The van der Waals surface area contributed by atoms with Crippen LogP contribution in [-0.4, -0.2) is 26.0 Å². The zero-order chi connectivity index (χ0) is 28.2. The van der Waals surface area contributed by atoms with Gasteiger partial charge in [0.15, 0.2) is 0 Å². The minimum Gasteiger partial charge on any atom is -0.392 e. The monoisotopic (exact) mass is 547 g/mol. The molecule has 2 atom stereocenters. The number of aromatic nitrogens is 3. The van der Waals surface area contributed by atoms with E-state index in [1.807, 2.05) is 24.3 Å². The quantitative estimate of drug-likeness (QED) is 0.348. The number of amides is 1. The summed E-state index contributed by atoms with van der Waals surface area (Å²) in [6.45, 7) is 1.71. The van der Waals surface area contributed by atoms with Crippen molar-refractivity contribution < 1.29 is 14.3 Å². The number of nitrogens with one attached hydrogen (secondary N) is 1. The van der Waals surface area contributed by atoms with Crippen LogP contribution in [0.25, 0.3) is 27.9 Å². The van der Waals surface area contributed by atoms with E-state index < -0.39 is 11.7 Å². The smallest absolute Gasteiger partial charge is 0.241 e. The molecule has 1 aromatic carbocycles. The molecule has 206 valence electrons. The summed E-state index contributed by atoms with van der Waals surface area (Å²) >= 11 is 0. The molecule has 3 aromatic rings. The number of anilines is 2. The minimum absolute atomic E-state index is 0.0857. The highest BCUT2D eigenvalue weighted by atomic mass is 19.1. The number of nitrogen functional groups attached to an aromatic ring is 1. The summed E-state index contributed by atoms with van der Waals surface area (Å²) in [5.41, 5.74) is 12.9. The Morgan fingerprint density at radius 2 is 2.05 bits per heavy atom. The van der Waals surface area contributed by atoms with Gasteiger partial charge >= 0.3 is 0 Å². The maximum Gasteiger partial charge on any atom is 0.241 e. The molecule has 2 unspecified atom stereocenters. The summed E-state index contributed by atoms with van der Waals surface area (Å²) in [7, 11) is 0. The maximum atomic E-state index is 15.3. The number of hydrogen-bond acceptors (Lipinski definition) is 5. The molecular formula is C33H30FN5O2. The van der Waals surface area contributed by atoms with Gasteiger partial charge in [-0.3, -0.25) is 9.69 Å². The Morgan fingerprint density at radius 3 is 2.85 bits per heavy atom. The van der Waals surface area contributed by atoms with Gasteiger partial charge in [-0.05, 0) is 61.5 Å². The fourth-order valence-corrected chi connectivity index (χ4v) is 6.03. The first-order valence-electron chi connectivity index (χ1n) is 14.0. The predicted octanol–water partition coefficient (Wildman–Crippen LogP) is 6.29. The van der Waals surface area contributed by atoms with E-state index in [4.69, 9.17) is 5.73 Å². The Balaban J connectivity index is 1.31. The van der Waals surface area contributed by atoms with Gasteiger partial charge in [0.25, 0.3) is 0 Å². The largest absolute Gasteiger partial charge is 0.392 e. The molecule has 7 rings (SSSR count). The summed E-state index contributed by atoms with van der Waals surface area (Å²) in [6, 6.07) is 7.39. The Hall–Kier alpha value is -4.56. The fraction of sp³-hybridized carbons (Fsp3) is 0.242. The average Bonchev–Trinajstić information content (AvgIpc) is 3.76. The number of aromatic amines is 1. The molecule has 8 heteroatoms. The highest BCUT2D eigenvalue weighted by Crippen LogP contribution is 2.45. The van der Waals surface area contributed by atoms with Crippen molar-refractivity contribution in [2.75, 3.05) is 10.6 Å². The molecule has 4 N–H and O–H groups in total. The highest BCUT2D eigenvalue weighted by molar-refractivity contribution is 6.02. The van der Waals surface area contributed by atoms with Crippen molar-refractivity contribution >= 4 is 34.1 Å². The molecule has 1 aliphatic heterocycles. The number of H-pyrrole nitrogens is 1. The Kier molecular flexibility index (Phi) is 6.08. The number of fused-ring (bicyclic) bond motifs is 2. The first kappa shape index (κ1) is 25.4. The van der Waals surface area contributed by atoms with Crippen LogP contribution in [0.3, 0.4) is 0 Å². The number of benzene rings is 1. The first-order valence-corrected chi connectivity index (χ1v) is 14.0. The maximum absolute atomic E-state index is 15.3. The number of nitrogens with two attached hydrogens (primary N) is 1. The molecule has 1 fully saturated rings. The number of allylic oxidation sites excluding steroid dienone is 10. The van der Waals surface area contributed by atoms with E-state index in [0.29, 0.717) is 34.1 Å². The Labute approximate surface area is 237 Å². The summed E-state index contributed by atoms with van der Waals surface area (Å²) in [5.74, 6) is -1.50. The lowest BCUT2D eigenvalue weighted by molar-refractivity contribution is -0.122. The first-order chi connectivity index (χ1) is 19.9. The zero-order valence-electron chi connectivity index (χ0n) is 22.6. The van der Waals surface area contributed by atoms with Gasteiger partial charge < -0.3 is 15.8 Å². The van der Waals surface area contributed by atoms with E-state index in [1.54, 1.807) is 18.3 Å². The van der Waals surface area contributed by atoms with E-state index in [2.05, 4.69) is 46.2 Å². The third-order valence-electron chi connectivity index (χ3n) is 8.32. The molecule has 0 radical (unpaired) electrons. The summed E-state index contributed by atoms with van der Waals surface area (Å²) in [6.07, 6.45) is 18.5. The number of carbonyl (C=O) groups excluding carboxylic acids is 1. The van der Waals surface area contributed by atoms with Crippen LogP contribution in [0.15, 0.2) is 90.0 Å². The van der Waals surface area contributed by atoms with Crippen LogP contribution >= 0.6 is 0 Å². The van der Waals surface area contributed by atoms with Crippen LogP contribution < -0.4 is 10.6 Å². The zero-order valence-corrected chi connectivity index (χ0v) is 22.6. The second-order valence-electron chi connectivity index (χ2n) is 11.1. The SMILES string of the molecule is CC1=CCC=C(c2cc3c(-c4cccc(N5C=CC6C=C(C7CC7)C=C(F)C6C5=O)c4CO)nc(N)nc3[nH]2)C=C1. The van der Waals surface area contributed by atoms with Crippen LogP contribution in [0.2, 0.25) is 0 Å². The molecule has 0 spiro atoms. The van der Waals surface area contributed by atoms with Gasteiger partial charge in [-0.1, -0.05) is 54.2 Å². The lowest BCUT2D eigenvalue weighted by atomic mass is 9.80. The molecule has 1 amide bonds. The highest BCUT2D eigenvalue weighted by Gasteiger charge is 2.41. The molecule has 0 bridgehead atoms. The fourth-order valence-electron chi connectivity index (χ4n) is 6.03. The minimum atomic E-state index is -0.912. The van der Waals surface area contributed by atoms with E-state index >= 15 is 4.39 Å². The number of aliphatic hydroxyl groups excluding tert-OH is 1. The number of nitrogens with zero attached hydrogens (tertiary/aromatic N) is 3. The average molecular weight is 548 g/mol. The molecule has 2 aromatic heterocycles. The van der Waals surface area contributed by atoms with Crippen molar-refractivity contribution in [2.24, 2.45) is 17.8 Å². The molecular weight excluding hydrogens is 517 g/mol. The molecule has 3 heterocycles. The topological polar surface area (TPSA) is 108 Å². The van der Waals surface area contributed by atoms with E-state index in [-0.39, 0.29) is 24.4 Å². The van der Waals surface area contributed by atoms with Crippen LogP contribution in [0.5, 0.6) is 0 Å². The van der Waals surface area contributed by atoms with Crippen molar-refractivity contribution in [3.8, 4) is 11.3 Å². The van der Waals surface area contributed by atoms with Crippen molar-refractivity contribution in [3.63, 3.8) is 0 Å². The molecule has 4 aliphatic rings. The molecule has 41 heavy (non-hydrogen) atoms. The summed E-state index contributed by atoms with van der Waals surface area (Å²) < 4.78 is 15.3. The van der Waals surface area contributed by atoms with Gasteiger partial charge in [0.2, 0.25) is 11.9 Å². The van der Waals surface area contributed by atoms with Gasteiger partial charge in [-0.2, -0.15) is 4.98 Å². The number of rotatable bonds is 5. The number of aliphatic hydroxyl groups is 1. The van der Waals surface area contributed by atoms with Crippen LogP contribution in [0.1, 0.15) is 37.4 Å². The van der Waals surface area contributed by atoms with Gasteiger partial charge in [0, 0.05) is 34.3 Å². The lowest BCUT2D eigenvalue weighted by Gasteiger charge is -2.34. The van der Waals surface area contributed by atoms with Crippen molar-refractivity contribution in [1.29, 1.82) is 0 Å². The second-order valence-corrected chi connectivity index (χ2v) is 11.1. The molecule has 1 saturated carbocycles. The summed E-state index contributed by atoms with van der Waals surface area (Å²) in [4.78, 5) is 27.5. The van der Waals surface area contributed by atoms with Crippen LogP contribution in [-0.2, 0) is 11.4 Å². The molecule has 3 aliphatic carbocycles. The summed E-state index contributed by atoms with van der Waals surface area (Å²) in [5, 5.41) is 11.3. The predicted molar refractivity (Wildman–Crippen MR) is 159 cm³/mol. The van der Waals surface area contributed by atoms with Gasteiger partial charge in [-0.15, -0.1) is 0 Å². The number of carbonyl (C=O) groups is 1. The van der Waals surface area contributed by atoms with Crippen LogP contribution in [0, 0.1) is 17.8 Å². The van der Waals surface area contributed by atoms with Crippen LogP contribution in [0.4, 0.5) is 16.0 Å². The molecule has 7 nitrogen and oxygen atoms in total. The number of hydrogen-bond donors (Lipinski definition) is 3. The van der Waals surface area contributed by atoms with E-state index in [0.717, 1.165) is 41.5 Å². The standard InChI is InChI=1S/C33H30FN5O2/c1-18-4-2-5-20(9-8-18)27-16-24-30(37-33(35)38-31(24)36-27)23-6-3-7-28(25(23)17-40)39-13-12-21-14-22(19-10-11-19)15-26(34)29(21)32(39)41/h3-9,12-16,19,21,29,40H,2,10-11,17H2,1H3,(H3,35,36,37,38).